The predicted molar refractivity (Wildman–Crippen MR) is 56.2 cm³/mol. The van der Waals surface area contributed by atoms with Crippen molar-refractivity contribution in [2.24, 2.45) is 5.92 Å². The summed E-state index contributed by atoms with van der Waals surface area (Å²) in [5.74, 6) is 1.03. The Labute approximate surface area is 84.9 Å². The number of halogens is 1. The third-order valence-electron chi connectivity index (χ3n) is 1.88. The van der Waals surface area contributed by atoms with Crippen LogP contribution in [0, 0.1) is 5.92 Å². The highest BCUT2D eigenvalue weighted by Crippen LogP contribution is 2.18. The van der Waals surface area contributed by atoms with Gasteiger partial charge in [-0.25, -0.2) is 0 Å². The third kappa shape index (κ3) is 2.73. The topological polar surface area (TPSA) is 17.8 Å². The Morgan fingerprint density at radius 1 is 1.38 bits per heavy atom. The number of hydrogen-bond donors (Lipinski definition) is 0. The second kappa shape index (κ2) is 4.14. The lowest BCUT2D eigenvalue weighted by Crippen LogP contribution is -2.06. The fraction of sp³-hybridized carbons (Fsp3) is 0.700. The maximum Gasteiger partial charge on any atom is 0.127 e. The van der Waals surface area contributed by atoms with E-state index in [0.29, 0.717) is 11.8 Å². The van der Waals surface area contributed by atoms with Gasteiger partial charge in [-0.05, 0) is 17.9 Å². The highest BCUT2D eigenvalue weighted by atomic mass is 35.5. The maximum absolute atomic E-state index is 6.03. The van der Waals surface area contributed by atoms with E-state index < -0.39 is 0 Å². The lowest BCUT2D eigenvalue weighted by molar-refractivity contribution is 0.478. The fourth-order valence-corrected chi connectivity index (χ4v) is 1.39. The van der Waals surface area contributed by atoms with Gasteiger partial charge < -0.3 is 0 Å². The lowest BCUT2D eigenvalue weighted by atomic mass is 10.1. The molecule has 3 heteroatoms. The van der Waals surface area contributed by atoms with E-state index in [4.69, 9.17) is 11.6 Å². The molecule has 0 radical (unpaired) electrons. The van der Waals surface area contributed by atoms with Crippen molar-refractivity contribution in [3.05, 3.63) is 16.9 Å². The van der Waals surface area contributed by atoms with Gasteiger partial charge in [0, 0.05) is 6.54 Å². The Bertz CT molecular complexity index is 276. The molecule has 0 spiro atoms. The normalized spacial score (nSPS) is 11.6. The predicted octanol–water partition coefficient (Wildman–Crippen LogP) is 3.32. The van der Waals surface area contributed by atoms with Gasteiger partial charge in [0.1, 0.15) is 5.15 Å². The van der Waals surface area contributed by atoms with E-state index >= 15 is 0 Å². The van der Waals surface area contributed by atoms with Crippen molar-refractivity contribution in [2.75, 3.05) is 0 Å². The highest BCUT2D eigenvalue weighted by molar-refractivity contribution is 6.29. The second-order valence-corrected chi connectivity index (χ2v) is 4.51. The molecule has 0 saturated carbocycles. The summed E-state index contributed by atoms with van der Waals surface area (Å²) < 4.78 is 1.88. The minimum atomic E-state index is 0.450. The van der Waals surface area contributed by atoms with E-state index in [2.05, 4.69) is 32.8 Å². The van der Waals surface area contributed by atoms with Crippen LogP contribution in [0.2, 0.25) is 5.15 Å². The molecule has 0 fully saturated rings. The highest BCUT2D eigenvalue weighted by Gasteiger charge is 2.09. The van der Waals surface area contributed by atoms with Crippen LogP contribution in [0.5, 0.6) is 0 Å². The molecule has 0 amide bonds. The average molecular weight is 201 g/mol. The number of hydrogen-bond acceptors (Lipinski definition) is 1. The monoisotopic (exact) mass is 200 g/mol. The van der Waals surface area contributed by atoms with Crippen LogP contribution in [0.15, 0.2) is 6.07 Å². The molecule has 0 aromatic carbocycles. The van der Waals surface area contributed by atoms with E-state index in [1.807, 2.05) is 10.7 Å². The van der Waals surface area contributed by atoms with Crippen molar-refractivity contribution in [3.8, 4) is 0 Å². The zero-order valence-electron chi connectivity index (χ0n) is 8.71. The third-order valence-corrected chi connectivity index (χ3v) is 2.18. The second-order valence-electron chi connectivity index (χ2n) is 4.12. The molecule has 1 rings (SSSR count). The molecule has 0 atom stereocenters. The van der Waals surface area contributed by atoms with E-state index in [1.54, 1.807) is 0 Å². The zero-order chi connectivity index (χ0) is 10.0. The molecule has 2 nitrogen and oxygen atoms in total. The van der Waals surface area contributed by atoms with Crippen molar-refractivity contribution < 1.29 is 0 Å². The first kappa shape index (κ1) is 10.6. The summed E-state index contributed by atoms with van der Waals surface area (Å²) >= 11 is 6.03. The van der Waals surface area contributed by atoms with Crippen molar-refractivity contribution in [3.63, 3.8) is 0 Å². The van der Waals surface area contributed by atoms with Gasteiger partial charge >= 0.3 is 0 Å². The number of rotatable bonds is 3. The van der Waals surface area contributed by atoms with E-state index in [1.165, 1.54) is 0 Å². The molecule has 0 bridgehead atoms. The van der Waals surface area contributed by atoms with Crippen molar-refractivity contribution in [1.29, 1.82) is 0 Å². The lowest BCUT2D eigenvalue weighted by Gasteiger charge is -2.05. The number of aromatic nitrogens is 2. The molecule has 0 aliphatic carbocycles. The summed E-state index contributed by atoms with van der Waals surface area (Å²) in [7, 11) is 0. The molecule has 13 heavy (non-hydrogen) atoms. The fourth-order valence-electron chi connectivity index (χ4n) is 1.17. The quantitative estimate of drug-likeness (QED) is 0.732. The summed E-state index contributed by atoms with van der Waals surface area (Å²) in [6.45, 7) is 9.46. The van der Waals surface area contributed by atoms with Crippen molar-refractivity contribution >= 4 is 11.6 Å². The van der Waals surface area contributed by atoms with Crippen LogP contribution >= 0.6 is 11.6 Å². The Morgan fingerprint density at radius 3 is 2.38 bits per heavy atom. The Kier molecular flexibility index (Phi) is 3.37. The molecular formula is C10H17ClN2. The summed E-state index contributed by atoms with van der Waals surface area (Å²) in [6, 6.07) is 1.95. The van der Waals surface area contributed by atoms with Crippen LogP contribution in [0.4, 0.5) is 0 Å². The van der Waals surface area contributed by atoms with Gasteiger partial charge in [-0.3, -0.25) is 4.68 Å². The first-order chi connectivity index (χ1) is 6.00. The Hall–Kier alpha value is -0.500. The van der Waals surface area contributed by atoms with Gasteiger partial charge in [-0.2, -0.15) is 5.10 Å². The van der Waals surface area contributed by atoms with Crippen LogP contribution < -0.4 is 0 Å². The molecular weight excluding hydrogens is 184 g/mol. The first-order valence-electron chi connectivity index (χ1n) is 4.74. The summed E-state index contributed by atoms with van der Waals surface area (Å²) in [4.78, 5) is 0. The molecule has 0 N–H and O–H groups in total. The van der Waals surface area contributed by atoms with Crippen LogP contribution in [-0.4, -0.2) is 9.78 Å². The van der Waals surface area contributed by atoms with Gasteiger partial charge in [-0.15, -0.1) is 0 Å². The van der Waals surface area contributed by atoms with Gasteiger partial charge in [-0.1, -0.05) is 39.3 Å². The van der Waals surface area contributed by atoms with Crippen molar-refractivity contribution in [2.45, 2.75) is 40.2 Å². The Morgan fingerprint density at radius 2 is 2.00 bits per heavy atom. The molecule has 1 aromatic rings. The van der Waals surface area contributed by atoms with Gasteiger partial charge in [0.15, 0.2) is 0 Å². The summed E-state index contributed by atoms with van der Waals surface area (Å²) in [5.41, 5.74) is 1.07. The maximum atomic E-state index is 6.03. The molecule has 1 heterocycles. The summed E-state index contributed by atoms with van der Waals surface area (Å²) in [5, 5.41) is 5.18. The largest absolute Gasteiger partial charge is 0.253 e. The van der Waals surface area contributed by atoms with E-state index in [0.717, 1.165) is 17.4 Å². The molecule has 1 aromatic heterocycles. The van der Waals surface area contributed by atoms with E-state index in [9.17, 15) is 0 Å². The molecule has 0 saturated heterocycles. The molecule has 74 valence electrons. The van der Waals surface area contributed by atoms with Crippen LogP contribution in [0.25, 0.3) is 0 Å². The first-order valence-corrected chi connectivity index (χ1v) is 5.11. The van der Waals surface area contributed by atoms with Crippen LogP contribution in [0.3, 0.4) is 0 Å². The van der Waals surface area contributed by atoms with Crippen LogP contribution in [-0.2, 0) is 6.54 Å². The van der Waals surface area contributed by atoms with Gasteiger partial charge in [0.05, 0.1) is 5.69 Å². The molecule has 0 aliphatic rings. The van der Waals surface area contributed by atoms with Gasteiger partial charge in [0.2, 0.25) is 0 Å². The Balaban J connectivity index is 2.83. The number of nitrogens with zero attached hydrogens (tertiary/aromatic N) is 2. The molecule has 0 unspecified atom stereocenters. The SMILES string of the molecule is CC(C)Cn1nc(C(C)C)cc1Cl. The average Bonchev–Trinajstić information content (AvgIpc) is 2.31. The van der Waals surface area contributed by atoms with Crippen molar-refractivity contribution in [1.82, 2.24) is 9.78 Å². The minimum absolute atomic E-state index is 0.450. The van der Waals surface area contributed by atoms with Gasteiger partial charge in [0.25, 0.3) is 0 Å². The zero-order valence-corrected chi connectivity index (χ0v) is 9.47. The minimum Gasteiger partial charge on any atom is -0.253 e. The van der Waals surface area contributed by atoms with Crippen LogP contribution in [0.1, 0.15) is 39.3 Å². The summed E-state index contributed by atoms with van der Waals surface area (Å²) in [6.07, 6.45) is 0. The molecule has 0 aliphatic heterocycles. The van der Waals surface area contributed by atoms with E-state index in [-0.39, 0.29) is 0 Å². The smallest absolute Gasteiger partial charge is 0.127 e. The standard InChI is InChI=1S/C10H17ClN2/c1-7(2)6-13-10(11)5-9(12-13)8(3)4/h5,7-8H,6H2,1-4H3.